The lowest BCUT2D eigenvalue weighted by molar-refractivity contribution is 0.709. The Morgan fingerprint density at radius 2 is 2.23 bits per heavy atom. The highest BCUT2D eigenvalue weighted by Crippen LogP contribution is 2.09. The minimum absolute atomic E-state index is 0.409. The summed E-state index contributed by atoms with van der Waals surface area (Å²) in [6.07, 6.45) is 3.46. The van der Waals surface area contributed by atoms with Crippen molar-refractivity contribution in [1.29, 1.82) is 0 Å². The lowest BCUT2D eigenvalue weighted by Gasteiger charge is -2.04. The van der Waals surface area contributed by atoms with E-state index in [1.807, 2.05) is 0 Å². The number of rotatable bonds is 4. The second kappa shape index (κ2) is 4.87. The fourth-order valence-electron chi connectivity index (χ4n) is 0.999. The van der Waals surface area contributed by atoms with Gasteiger partial charge in [0.05, 0.1) is 11.9 Å². The number of hydrogen-bond acceptors (Lipinski definition) is 4. The summed E-state index contributed by atoms with van der Waals surface area (Å²) in [5.74, 6) is 1.21. The zero-order chi connectivity index (χ0) is 9.68. The van der Waals surface area contributed by atoms with Crippen molar-refractivity contribution in [2.45, 2.75) is 32.6 Å². The third kappa shape index (κ3) is 3.06. The van der Waals surface area contributed by atoms with Crippen LogP contribution in [0.2, 0.25) is 0 Å². The molecule has 0 amide bonds. The van der Waals surface area contributed by atoms with E-state index in [1.165, 1.54) is 0 Å². The zero-order valence-corrected chi connectivity index (χ0v) is 8.20. The molecule has 1 rings (SSSR count). The van der Waals surface area contributed by atoms with Crippen molar-refractivity contribution in [3.63, 3.8) is 0 Å². The highest BCUT2D eigenvalue weighted by Gasteiger charge is 2.03. The van der Waals surface area contributed by atoms with Crippen LogP contribution >= 0.6 is 0 Å². The van der Waals surface area contributed by atoms with Crippen molar-refractivity contribution in [1.82, 2.24) is 15.2 Å². The molecule has 13 heavy (non-hydrogen) atoms. The molecule has 1 heterocycles. The van der Waals surface area contributed by atoms with E-state index >= 15 is 0 Å². The Kier molecular flexibility index (Phi) is 3.76. The molecule has 72 valence electrons. The summed E-state index contributed by atoms with van der Waals surface area (Å²) < 4.78 is 0. The Bertz CT molecular complexity index is 260. The van der Waals surface area contributed by atoms with Gasteiger partial charge in [0, 0.05) is 6.42 Å². The van der Waals surface area contributed by atoms with Crippen molar-refractivity contribution in [3.05, 3.63) is 17.7 Å². The molecule has 0 bridgehead atoms. The van der Waals surface area contributed by atoms with Crippen LogP contribution in [-0.2, 0) is 6.42 Å². The molecule has 1 aromatic rings. The fraction of sp³-hybridized carbons (Fsp3) is 0.667. The fourth-order valence-corrected chi connectivity index (χ4v) is 0.999. The maximum atomic E-state index is 5.40. The van der Waals surface area contributed by atoms with Gasteiger partial charge in [0.2, 0.25) is 0 Å². The van der Waals surface area contributed by atoms with E-state index < -0.39 is 0 Å². The Balaban J connectivity index is 2.68. The molecule has 0 aromatic carbocycles. The van der Waals surface area contributed by atoms with E-state index in [1.54, 1.807) is 6.20 Å². The molecule has 0 aliphatic heterocycles. The molecule has 0 unspecified atom stereocenters. The summed E-state index contributed by atoms with van der Waals surface area (Å²) in [6.45, 7) is 4.86. The summed E-state index contributed by atoms with van der Waals surface area (Å²) in [5, 5.41) is 7.85. The van der Waals surface area contributed by atoms with Crippen LogP contribution in [0.5, 0.6) is 0 Å². The topological polar surface area (TPSA) is 64.7 Å². The lowest BCUT2D eigenvalue weighted by atomic mass is 10.1. The average molecular weight is 180 g/mol. The van der Waals surface area contributed by atoms with E-state index in [0.717, 1.165) is 24.4 Å². The van der Waals surface area contributed by atoms with Gasteiger partial charge in [-0.05, 0) is 18.9 Å². The average Bonchev–Trinajstić information content (AvgIpc) is 2.15. The Morgan fingerprint density at radius 1 is 1.46 bits per heavy atom. The summed E-state index contributed by atoms with van der Waals surface area (Å²) in [7, 11) is 0. The molecule has 0 aliphatic rings. The second-order valence-electron chi connectivity index (χ2n) is 3.34. The van der Waals surface area contributed by atoms with Gasteiger partial charge in [0.25, 0.3) is 0 Å². The van der Waals surface area contributed by atoms with Gasteiger partial charge in [0.15, 0.2) is 5.82 Å². The SMILES string of the molecule is CC(C)c1cnnc(CCCN)n1. The van der Waals surface area contributed by atoms with Crippen LogP contribution < -0.4 is 5.73 Å². The number of hydrogen-bond donors (Lipinski definition) is 1. The largest absolute Gasteiger partial charge is 0.330 e. The van der Waals surface area contributed by atoms with Gasteiger partial charge < -0.3 is 5.73 Å². The van der Waals surface area contributed by atoms with Crippen molar-refractivity contribution in [2.75, 3.05) is 6.54 Å². The maximum Gasteiger partial charge on any atom is 0.151 e. The molecule has 0 saturated carbocycles. The van der Waals surface area contributed by atoms with Gasteiger partial charge >= 0.3 is 0 Å². The predicted molar refractivity (Wildman–Crippen MR) is 51.3 cm³/mol. The molecule has 0 spiro atoms. The maximum absolute atomic E-state index is 5.40. The molecule has 0 fully saturated rings. The van der Waals surface area contributed by atoms with Gasteiger partial charge in [-0.2, -0.15) is 5.10 Å². The molecule has 0 atom stereocenters. The van der Waals surface area contributed by atoms with Gasteiger partial charge in [-0.3, -0.25) is 0 Å². The lowest BCUT2D eigenvalue weighted by Crippen LogP contribution is -2.06. The van der Waals surface area contributed by atoms with Gasteiger partial charge in [0.1, 0.15) is 0 Å². The Labute approximate surface area is 78.6 Å². The molecule has 1 aromatic heterocycles. The molecule has 4 heteroatoms. The van der Waals surface area contributed by atoms with E-state index in [4.69, 9.17) is 5.73 Å². The molecule has 2 N–H and O–H groups in total. The van der Waals surface area contributed by atoms with Crippen LogP contribution in [0.1, 0.15) is 37.7 Å². The summed E-state index contributed by atoms with van der Waals surface area (Å²) in [4.78, 5) is 4.38. The highest BCUT2D eigenvalue weighted by atomic mass is 15.1. The van der Waals surface area contributed by atoms with Crippen LogP contribution in [0.25, 0.3) is 0 Å². The number of nitrogens with zero attached hydrogens (tertiary/aromatic N) is 3. The summed E-state index contributed by atoms with van der Waals surface area (Å²) in [6, 6.07) is 0. The van der Waals surface area contributed by atoms with Gasteiger partial charge in [-0.1, -0.05) is 13.8 Å². The number of nitrogens with two attached hydrogens (primary N) is 1. The van der Waals surface area contributed by atoms with E-state index in [2.05, 4.69) is 29.0 Å². The minimum Gasteiger partial charge on any atom is -0.330 e. The first-order valence-electron chi connectivity index (χ1n) is 4.62. The normalized spacial score (nSPS) is 10.8. The van der Waals surface area contributed by atoms with E-state index in [0.29, 0.717) is 12.5 Å². The van der Waals surface area contributed by atoms with Crippen LogP contribution in [-0.4, -0.2) is 21.7 Å². The number of aryl methyl sites for hydroxylation is 1. The molecule has 0 aliphatic carbocycles. The first-order valence-corrected chi connectivity index (χ1v) is 4.62. The Morgan fingerprint density at radius 3 is 2.85 bits per heavy atom. The Hall–Kier alpha value is -1.03. The third-order valence-electron chi connectivity index (χ3n) is 1.82. The van der Waals surface area contributed by atoms with Crippen molar-refractivity contribution < 1.29 is 0 Å². The van der Waals surface area contributed by atoms with Gasteiger partial charge in [-0.15, -0.1) is 5.10 Å². The van der Waals surface area contributed by atoms with Crippen LogP contribution in [0.15, 0.2) is 6.20 Å². The van der Waals surface area contributed by atoms with Crippen molar-refractivity contribution in [3.8, 4) is 0 Å². The van der Waals surface area contributed by atoms with Crippen LogP contribution in [0.4, 0.5) is 0 Å². The third-order valence-corrected chi connectivity index (χ3v) is 1.82. The molecule has 0 saturated heterocycles. The monoisotopic (exact) mass is 180 g/mol. The van der Waals surface area contributed by atoms with Gasteiger partial charge in [-0.25, -0.2) is 4.98 Å². The van der Waals surface area contributed by atoms with Crippen molar-refractivity contribution >= 4 is 0 Å². The first kappa shape index (κ1) is 10.1. The van der Waals surface area contributed by atoms with Crippen LogP contribution in [0.3, 0.4) is 0 Å². The van der Waals surface area contributed by atoms with Crippen LogP contribution in [0, 0.1) is 0 Å². The zero-order valence-electron chi connectivity index (χ0n) is 8.20. The number of aromatic nitrogens is 3. The highest BCUT2D eigenvalue weighted by molar-refractivity contribution is 5.01. The summed E-state index contributed by atoms with van der Waals surface area (Å²) in [5.41, 5.74) is 6.40. The minimum atomic E-state index is 0.409. The molecular formula is C9H16N4. The van der Waals surface area contributed by atoms with Crippen molar-refractivity contribution in [2.24, 2.45) is 5.73 Å². The molecular weight excluding hydrogens is 164 g/mol. The standard InChI is InChI=1S/C9H16N4/c1-7(2)8-6-11-13-9(12-8)4-3-5-10/h6-7H,3-5,10H2,1-2H3. The predicted octanol–water partition coefficient (Wildman–Crippen LogP) is 0.886. The van der Waals surface area contributed by atoms with E-state index in [-0.39, 0.29) is 0 Å². The van der Waals surface area contributed by atoms with E-state index in [9.17, 15) is 0 Å². The molecule has 4 nitrogen and oxygen atoms in total. The second-order valence-corrected chi connectivity index (χ2v) is 3.34. The quantitative estimate of drug-likeness (QED) is 0.747. The summed E-state index contributed by atoms with van der Waals surface area (Å²) >= 11 is 0. The molecule has 0 radical (unpaired) electrons. The smallest absolute Gasteiger partial charge is 0.151 e. The first-order chi connectivity index (χ1) is 6.24.